The van der Waals surface area contributed by atoms with E-state index in [9.17, 15) is 4.79 Å². The van der Waals surface area contributed by atoms with Gasteiger partial charge in [-0.1, -0.05) is 55.0 Å². The summed E-state index contributed by atoms with van der Waals surface area (Å²) in [6.45, 7) is 6.77. The molecule has 8 heteroatoms. The Morgan fingerprint density at radius 3 is 2.69 bits per heavy atom. The van der Waals surface area contributed by atoms with Crippen molar-refractivity contribution in [2.45, 2.75) is 44.0 Å². The molecule has 0 fully saturated rings. The molecule has 0 saturated carbocycles. The van der Waals surface area contributed by atoms with Crippen LogP contribution in [0.3, 0.4) is 0 Å². The van der Waals surface area contributed by atoms with Gasteiger partial charge in [-0.15, -0.1) is 0 Å². The molecule has 1 amide bonds. The normalized spacial score (nSPS) is 11.1. The molecule has 0 radical (unpaired) electrons. The number of amides is 1. The highest BCUT2D eigenvalue weighted by molar-refractivity contribution is 7.98. The van der Waals surface area contributed by atoms with Crippen molar-refractivity contribution >= 4 is 23.5 Å². The van der Waals surface area contributed by atoms with E-state index >= 15 is 0 Å². The summed E-state index contributed by atoms with van der Waals surface area (Å²) in [6.07, 6.45) is 3.36. The number of nitrogens with zero attached hydrogens (tertiary/aromatic N) is 4. The molecule has 0 unspecified atom stereocenters. The Morgan fingerprint density at radius 1 is 1.16 bits per heavy atom. The van der Waals surface area contributed by atoms with Gasteiger partial charge in [0.15, 0.2) is 0 Å². The first-order valence-corrected chi connectivity index (χ1v) is 11.4. The molecule has 0 bridgehead atoms. The summed E-state index contributed by atoms with van der Waals surface area (Å²) in [4.78, 5) is 17.4. The molecule has 3 heterocycles. The zero-order valence-corrected chi connectivity index (χ0v) is 19.1. The van der Waals surface area contributed by atoms with E-state index in [1.54, 1.807) is 35.3 Å². The highest BCUT2D eigenvalue weighted by atomic mass is 32.2. The third-order valence-corrected chi connectivity index (χ3v) is 6.03. The van der Waals surface area contributed by atoms with Gasteiger partial charge in [-0.05, 0) is 36.1 Å². The SMILES string of the molecule is Cc1cc(CSc2ncccc2C(=O)Nc2ccnn2Cc2ccc(C(C)C)cc2)no1. The Bertz CT molecular complexity index is 1200. The summed E-state index contributed by atoms with van der Waals surface area (Å²) >= 11 is 1.45. The lowest BCUT2D eigenvalue weighted by atomic mass is 10.0. The van der Waals surface area contributed by atoms with Gasteiger partial charge in [0.05, 0.1) is 24.0 Å². The number of aromatic nitrogens is 4. The molecule has 7 nitrogen and oxygen atoms in total. The van der Waals surface area contributed by atoms with Crippen molar-refractivity contribution in [2.24, 2.45) is 0 Å². The van der Waals surface area contributed by atoms with Gasteiger partial charge in [0.1, 0.15) is 16.6 Å². The Kier molecular flexibility index (Phi) is 6.70. The number of aryl methyl sites for hydroxylation is 1. The molecule has 0 aliphatic rings. The lowest BCUT2D eigenvalue weighted by Crippen LogP contribution is -2.17. The van der Waals surface area contributed by atoms with Gasteiger partial charge in [0.2, 0.25) is 0 Å². The van der Waals surface area contributed by atoms with Crippen LogP contribution >= 0.6 is 11.8 Å². The summed E-state index contributed by atoms with van der Waals surface area (Å²) in [7, 11) is 0. The summed E-state index contributed by atoms with van der Waals surface area (Å²) in [5, 5.41) is 12.0. The summed E-state index contributed by atoms with van der Waals surface area (Å²) < 4.78 is 6.89. The standard InChI is InChI=1S/C24H25N5O2S/c1-16(2)19-8-6-18(7-9-19)14-29-22(10-12-26-29)27-23(30)21-5-4-11-25-24(21)32-15-20-13-17(3)31-28-20/h4-13,16H,14-15H2,1-3H3,(H,27,30). The van der Waals surface area contributed by atoms with E-state index in [2.05, 4.69) is 58.7 Å². The van der Waals surface area contributed by atoms with Crippen molar-refractivity contribution in [1.29, 1.82) is 0 Å². The van der Waals surface area contributed by atoms with Crippen LogP contribution in [0.4, 0.5) is 5.82 Å². The number of carbonyl (C=O) groups excluding carboxylic acids is 1. The molecular weight excluding hydrogens is 422 g/mol. The molecule has 0 atom stereocenters. The summed E-state index contributed by atoms with van der Waals surface area (Å²) in [5.74, 6) is 2.22. The molecule has 4 rings (SSSR count). The van der Waals surface area contributed by atoms with Crippen molar-refractivity contribution in [3.63, 3.8) is 0 Å². The van der Waals surface area contributed by atoms with Crippen LogP contribution in [0.5, 0.6) is 0 Å². The van der Waals surface area contributed by atoms with E-state index in [0.29, 0.717) is 34.6 Å². The monoisotopic (exact) mass is 447 g/mol. The Balaban J connectivity index is 1.45. The van der Waals surface area contributed by atoms with Crippen molar-refractivity contribution in [2.75, 3.05) is 5.32 Å². The van der Waals surface area contributed by atoms with E-state index in [0.717, 1.165) is 17.0 Å². The van der Waals surface area contributed by atoms with Crippen LogP contribution in [-0.4, -0.2) is 25.8 Å². The van der Waals surface area contributed by atoms with Crippen LogP contribution in [0, 0.1) is 6.92 Å². The number of hydrogen-bond acceptors (Lipinski definition) is 6. The minimum absolute atomic E-state index is 0.228. The first-order chi connectivity index (χ1) is 15.5. The lowest BCUT2D eigenvalue weighted by molar-refractivity contribution is 0.102. The average molecular weight is 448 g/mol. The topological polar surface area (TPSA) is 85.8 Å². The minimum Gasteiger partial charge on any atom is -0.361 e. The molecule has 32 heavy (non-hydrogen) atoms. The van der Waals surface area contributed by atoms with Crippen molar-refractivity contribution in [3.8, 4) is 0 Å². The third kappa shape index (κ3) is 5.26. The van der Waals surface area contributed by atoms with Crippen molar-refractivity contribution in [1.82, 2.24) is 19.9 Å². The predicted octanol–water partition coefficient (Wildman–Crippen LogP) is 5.29. The molecule has 164 valence electrons. The second kappa shape index (κ2) is 9.82. The van der Waals surface area contributed by atoms with Crippen LogP contribution in [0.25, 0.3) is 0 Å². The summed E-state index contributed by atoms with van der Waals surface area (Å²) in [6, 6.07) is 15.7. The molecule has 0 aliphatic carbocycles. The van der Waals surface area contributed by atoms with Crippen LogP contribution in [0.1, 0.15) is 52.7 Å². The highest BCUT2D eigenvalue weighted by Gasteiger charge is 2.16. The second-order valence-corrected chi connectivity index (χ2v) is 8.76. The number of benzene rings is 1. The van der Waals surface area contributed by atoms with Gasteiger partial charge in [0, 0.05) is 24.1 Å². The number of carbonyl (C=O) groups is 1. The molecule has 1 N–H and O–H groups in total. The Hall–Kier alpha value is -3.39. The van der Waals surface area contributed by atoms with Crippen LogP contribution in [0.2, 0.25) is 0 Å². The van der Waals surface area contributed by atoms with E-state index in [1.165, 1.54) is 17.3 Å². The van der Waals surface area contributed by atoms with Crippen molar-refractivity contribution in [3.05, 3.63) is 89.1 Å². The fraction of sp³-hybridized carbons (Fsp3) is 0.250. The fourth-order valence-corrected chi connectivity index (χ4v) is 4.11. The number of hydrogen-bond donors (Lipinski definition) is 1. The largest absolute Gasteiger partial charge is 0.361 e. The predicted molar refractivity (Wildman–Crippen MR) is 125 cm³/mol. The molecule has 0 saturated heterocycles. The van der Waals surface area contributed by atoms with E-state index < -0.39 is 0 Å². The molecule has 1 aromatic carbocycles. The third-order valence-electron chi connectivity index (χ3n) is 4.99. The number of thioether (sulfide) groups is 1. The number of pyridine rings is 1. The Morgan fingerprint density at radius 2 is 1.97 bits per heavy atom. The molecule has 0 aliphatic heterocycles. The maximum Gasteiger partial charge on any atom is 0.259 e. The van der Waals surface area contributed by atoms with Gasteiger partial charge in [-0.2, -0.15) is 5.10 Å². The maximum atomic E-state index is 13.0. The van der Waals surface area contributed by atoms with Gasteiger partial charge in [0.25, 0.3) is 5.91 Å². The van der Waals surface area contributed by atoms with Crippen LogP contribution in [-0.2, 0) is 12.3 Å². The first-order valence-electron chi connectivity index (χ1n) is 10.4. The molecule has 4 aromatic rings. The van der Waals surface area contributed by atoms with E-state index in [4.69, 9.17) is 4.52 Å². The van der Waals surface area contributed by atoms with E-state index in [1.807, 2.05) is 13.0 Å². The first kappa shape index (κ1) is 21.8. The van der Waals surface area contributed by atoms with Crippen molar-refractivity contribution < 1.29 is 9.32 Å². The van der Waals surface area contributed by atoms with Crippen LogP contribution in [0.15, 0.2) is 70.5 Å². The average Bonchev–Trinajstić information content (AvgIpc) is 3.41. The highest BCUT2D eigenvalue weighted by Crippen LogP contribution is 2.25. The lowest BCUT2D eigenvalue weighted by Gasteiger charge is -2.12. The van der Waals surface area contributed by atoms with Crippen LogP contribution < -0.4 is 5.32 Å². The Labute approximate surface area is 191 Å². The molecular formula is C24H25N5O2S. The van der Waals surface area contributed by atoms with E-state index in [-0.39, 0.29) is 5.91 Å². The van der Waals surface area contributed by atoms with Gasteiger partial charge < -0.3 is 9.84 Å². The maximum absolute atomic E-state index is 13.0. The summed E-state index contributed by atoms with van der Waals surface area (Å²) in [5.41, 5.74) is 3.73. The quantitative estimate of drug-likeness (QED) is 0.369. The number of rotatable bonds is 8. The second-order valence-electron chi connectivity index (χ2n) is 7.80. The molecule has 0 spiro atoms. The smallest absolute Gasteiger partial charge is 0.259 e. The zero-order chi connectivity index (χ0) is 22.5. The van der Waals surface area contributed by atoms with Gasteiger partial charge >= 0.3 is 0 Å². The zero-order valence-electron chi connectivity index (χ0n) is 18.3. The number of nitrogens with one attached hydrogen (secondary N) is 1. The minimum atomic E-state index is -0.228. The fourth-order valence-electron chi connectivity index (χ4n) is 3.24. The number of anilines is 1. The van der Waals surface area contributed by atoms with Gasteiger partial charge in [-0.3, -0.25) is 4.79 Å². The van der Waals surface area contributed by atoms with Gasteiger partial charge in [-0.25, -0.2) is 9.67 Å². The molecule has 3 aromatic heterocycles.